The lowest BCUT2D eigenvalue weighted by Gasteiger charge is -2.27. The van der Waals surface area contributed by atoms with Crippen LogP contribution in [0.15, 0.2) is 84.3 Å². The third kappa shape index (κ3) is 3.38. The number of aliphatic imine (C=N–C) groups is 1. The van der Waals surface area contributed by atoms with Crippen LogP contribution in [0.1, 0.15) is 0 Å². The summed E-state index contributed by atoms with van der Waals surface area (Å²) in [6.45, 7) is 0. The largest absolute Gasteiger partial charge is 0.320 e. The third-order valence-electron chi connectivity index (χ3n) is 3.43. The number of allylic oxidation sites excluding steroid dienone is 1. The van der Waals surface area contributed by atoms with Crippen molar-refractivity contribution in [3.63, 3.8) is 0 Å². The van der Waals surface area contributed by atoms with Crippen LogP contribution >= 0.6 is 0 Å². The van der Waals surface area contributed by atoms with E-state index in [0.717, 1.165) is 5.69 Å². The maximum absolute atomic E-state index is 12.5. The summed E-state index contributed by atoms with van der Waals surface area (Å²) in [4.78, 5) is 5.90. The molecule has 0 aromatic heterocycles. The Morgan fingerprint density at radius 2 is 1.67 bits per heavy atom. The van der Waals surface area contributed by atoms with Crippen molar-refractivity contribution in [2.75, 3.05) is 15.5 Å². The maximum Gasteiger partial charge on any atom is 0.236 e. The summed E-state index contributed by atoms with van der Waals surface area (Å²) in [5.41, 5.74) is 1.90. The predicted octanol–water partition coefficient (Wildman–Crippen LogP) is 3.66. The van der Waals surface area contributed by atoms with E-state index in [2.05, 4.69) is 4.99 Å². The van der Waals surface area contributed by atoms with Crippen molar-refractivity contribution >= 4 is 33.3 Å². The average Bonchev–Trinajstić information content (AvgIpc) is 2.84. The molecule has 122 valence electrons. The molecule has 24 heavy (non-hydrogen) atoms. The molecule has 0 amide bonds. The van der Waals surface area contributed by atoms with Crippen molar-refractivity contribution in [1.29, 1.82) is 0 Å². The molecule has 0 unspecified atom stereocenters. The van der Waals surface area contributed by atoms with Crippen molar-refractivity contribution in [2.24, 2.45) is 4.99 Å². The second-order valence-electron chi connectivity index (χ2n) is 5.20. The van der Waals surface area contributed by atoms with Crippen LogP contribution in [0.3, 0.4) is 0 Å². The summed E-state index contributed by atoms with van der Waals surface area (Å²) in [6.07, 6.45) is 9.94. The van der Waals surface area contributed by atoms with Gasteiger partial charge in [-0.25, -0.2) is 12.7 Å². The first-order chi connectivity index (χ1) is 11.6. The fraction of sp³-hybridized carbons (Fsp3) is 0.0556. The summed E-state index contributed by atoms with van der Waals surface area (Å²) in [5.74, 6) is 0. The molecule has 1 heterocycles. The Morgan fingerprint density at radius 1 is 0.958 bits per heavy atom. The van der Waals surface area contributed by atoms with E-state index in [-0.39, 0.29) is 0 Å². The number of benzene rings is 2. The zero-order valence-electron chi connectivity index (χ0n) is 13.1. The van der Waals surface area contributed by atoms with Crippen LogP contribution in [0.4, 0.5) is 17.1 Å². The highest BCUT2D eigenvalue weighted by atomic mass is 32.2. The quantitative estimate of drug-likeness (QED) is 0.854. The number of para-hydroxylation sites is 3. The Morgan fingerprint density at radius 3 is 2.42 bits per heavy atom. The Balaban J connectivity index is 2.16. The van der Waals surface area contributed by atoms with Crippen molar-refractivity contribution in [3.8, 4) is 0 Å². The number of hydrogen-bond acceptors (Lipinski definition) is 4. The third-order valence-corrected chi connectivity index (χ3v) is 4.50. The van der Waals surface area contributed by atoms with Crippen molar-refractivity contribution in [1.82, 2.24) is 0 Å². The zero-order valence-corrected chi connectivity index (χ0v) is 14.0. The molecule has 0 spiro atoms. The molecule has 5 nitrogen and oxygen atoms in total. The Bertz CT molecular complexity index is 887. The van der Waals surface area contributed by atoms with Crippen LogP contribution < -0.4 is 9.21 Å². The fourth-order valence-electron chi connectivity index (χ4n) is 2.48. The Hall–Kier alpha value is -2.86. The van der Waals surface area contributed by atoms with Gasteiger partial charge in [0.15, 0.2) is 0 Å². The standard InChI is InChI=1S/C18H17N3O2S/c1-24(22,23)21(16-8-3-2-4-9-16)18-11-6-5-10-17(18)20-14-7-12-19-13-15-20/h2-15H,1H3. The van der Waals surface area contributed by atoms with Crippen molar-refractivity contribution < 1.29 is 8.42 Å². The van der Waals surface area contributed by atoms with Gasteiger partial charge in [0, 0.05) is 24.8 Å². The monoisotopic (exact) mass is 339 g/mol. The van der Waals surface area contributed by atoms with Gasteiger partial charge in [-0.1, -0.05) is 30.3 Å². The smallest absolute Gasteiger partial charge is 0.236 e. The summed E-state index contributed by atoms with van der Waals surface area (Å²) in [5, 5.41) is 0. The minimum absolute atomic E-state index is 0.572. The van der Waals surface area contributed by atoms with Crippen LogP contribution in [0.25, 0.3) is 0 Å². The fourth-order valence-corrected chi connectivity index (χ4v) is 3.49. The molecule has 0 atom stereocenters. The molecule has 0 fully saturated rings. The van der Waals surface area contributed by atoms with Crippen LogP contribution in [-0.2, 0) is 10.0 Å². The topological polar surface area (TPSA) is 53.0 Å². The first kappa shape index (κ1) is 16.0. The summed E-state index contributed by atoms with van der Waals surface area (Å²) in [6, 6.07) is 16.4. The highest BCUT2D eigenvalue weighted by Crippen LogP contribution is 2.36. The average molecular weight is 339 g/mol. The molecule has 0 saturated heterocycles. The molecule has 2 aromatic carbocycles. The van der Waals surface area contributed by atoms with Gasteiger partial charge in [0.25, 0.3) is 0 Å². The van der Waals surface area contributed by atoms with Gasteiger partial charge in [0.2, 0.25) is 10.0 Å². The molecule has 0 N–H and O–H groups in total. The van der Waals surface area contributed by atoms with E-state index >= 15 is 0 Å². The SMILES string of the molecule is CS(=O)(=O)N(c1ccccc1)c1ccccc1N1C=CC=NC=C1. The molecule has 2 aromatic rings. The minimum Gasteiger partial charge on any atom is -0.320 e. The van der Waals surface area contributed by atoms with E-state index in [1.165, 1.54) is 10.6 Å². The molecule has 1 aliphatic heterocycles. The van der Waals surface area contributed by atoms with E-state index in [0.29, 0.717) is 11.4 Å². The molecule has 3 rings (SSSR count). The normalized spacial score (nSPS) is 13.8. The molecule has 1 aliphatic rings. The van der Waals surface area contributed by atoms with Crippen LogP contribution in [0.2, 0.25) is 0 Å². The molecule has 0 radical (unpaired) electrons. The Kier molecular flexibility index (Phi) is 4.48. The van der Waals surface area contributed by atoms with Gasteiger partial charge in [-0.3, -0.25) is 4.99 Å². The lowest BCUT2D eigenvalue weighted by atomic mass is 10.2. The van der Waals surface area contributed by atoms with Crippen LogP contribution in [-0.4, -0.2) is 20.9 Å². The van der Waals surface area contributed by atoms with Crippen molar-refractivity contribution in [3.05, 3.63) is 79.3 Å². The van der Waals surface area contributed by atoms with Crippen molar-refractivity contribution in [2.45, 2.75) is 0 Å². The first-order valence-corrected chi connectivity index (χ1v) is 9.21. The molecule has 0 aliphatic carbocycles. The van der Waals surface area contributed by atoms with Crippen LogP contribution in [0, 0.1) is 0 Å². The van der Waals surface area contributed by atoms with Gasteiger partial charge in [-0.2, -0.15) is 0 Å². The molecule has 0 saturated carbocycles. The highest BCUT2D eigenvalue weighted by Gasteiger charge is 2.23. The van der Waals surface area contributed by atoms with E-state index in [4.69, 9.17) is 0 Å². The summed E-state index contributed by atoms with van der Waals surface area (Å²) >= 11 is 0. The Labute approximate surface area is 141 Å². The van der Waals surface area contributed by atoms with Gasteiger partial charge < -0.3 is 4.90 Å². The summed E-state index contributed by atoms with van der Waals surface area (Å²) < 4.78 is 26.3. The van der Waals surface area contributed by atoms with E-state index in [9.17, 15) is 8.42 Å². The molecular weight excluding hydrogens is 322 g/mol. The van der Waals surface area contributed by atoms with Gasteiger partial charge in [0.1, 0.15) is 0 Å². The van der Waals surface area contributed by atoms with Gasteiger partial charge in [-0.05, 0) is 30.3 Å². The van der Waals surface area contributed by atoms with Crippen LogP contribution in [0.5, 0.6) is 0 Å². The van der Waals surface area contributed by atoms with E-state index < -0.39 is 10.0 Å². The summed E-state index contributed by atoms with van der Waals surface area (Å²) in [7, 11) is -3.51. The lowest BCUT2D eigenvalue weighted by molar-refractivity contribution is 0.602. The number of hydrogen-bond donors (Lipinski definition) is 0. The van der Waals surface area contributed by atoms with E-state index in [1.807, 2.05) is 47.5 Å². The van der Waals surface area contributed by atoms with Gasteiger partial charge in [0.05, 0.1) is 23.3 Å². The maximum atomic E-state index is 12.5. The van der Waals surface area contributed by atoms with E-state index in [1.54, 1.807) is 42.9 Å². The lowest BCUT2D eigenvalue weighted by Crippen LogP contribution is -2.26. The van der Waals surface area contributed by atoms with Gasteiger partial charge in [-0.15, -0.1) is 0 Å². The molecule has 0 bridgehead atoms. The highest BCUT2D eigenvalue weighted by molar-refractivity contribution is 7.92. The number of sulfonamides is 1. The molecular formula is C18H17N3O2S. The number of nitrogens with zero attached hydrogens (tertiary/aromatic N) is 3. The zero-order chi connectivity index (χ0) is 17.0. The molecule has 6 heteroatoms. The number of anilines is 3. The predicted molar refractivity (Wildman–Crippen MR) is 99.1 cm³/mol. The second kappa shape index (κ2) is 6.72. The first-order valence-electron chi connectivity index (χ1n) is 7.37. The second-order valence-corrected chi connectivity index (χ2v) is 7.03. The van der Waals surface area contributed by atoms with Gasteiger partial charge >= 0.3 is 0 Å². The minimum atomic E-state index is -3.51. The number of rotatable bonds is 4.